The van der Waals surface area contributed by atoms with E-state index in [0.717, 1.165) is 31.6 Å². The molecule has 1 aromatic rings. The number of hydrogen-bond donors (Lipinski definition) is 2. The lowest BCUT2D eigenvalue weighted by atomic mass is 9.91. The Bertz CT molecular complexity index is 341. The predicted octanol–water partition coefficient (Wildman–Crippen LogP) is 1.14. The molecule has 1 heterocycles. The number of likely N-dealkylation sites (tertiary alicyclic amines) is 1. The van der Waals surface area contributed by atoms with Crippen LogP contribution in [0.1, 0.15) is 24.5 Å². The summed E-state index contributed by atoms with van der Waals surface area (Å²) in [4.78, 5) is 2.23. The van der Waals surface area contributed by atoms with Crippen LogP contribution in [0.15, 0.2) is 24.3 Å². The van der Waals surface area contributed by atoms with Gasteiger partial charge in [-0.25, -0.2) is 0 Å². The van der Waals surface area contributed by atoms with Gasteiger partial charge in [0.15, 0.2) is 0 Å². The van der Waals surface area contributed by atoms with Gasteiger partial charge in [0.25, 0.3) is 0 Å². The fraction of sp³-hybridized carbons (Fsp3) is 0.538. The average Bonchev–Trinajstić information content (AvgIpc) is 2.28. The average molecular weight is 221 g/mol. The van der Waals surface area contributed by atoms with Crippen molar-refractivity contribution in [1.82, 2.24) is 4.90 Å². The Labute approximate surface area is 96.3 Å². The number of nitrogens with zero attached hydrogens (tertiary/aromatic N) is 1. The summed E-state index contributed by atoms with van der Waals surface area (Å²) in [5.41, 5.74) is 1.72. The van der Waals surface area contributed by atoms with Gasteiger partial charge in [0.1, 0.15) is 0 Å². The van der Waals surface area contributed by atoms with E-state index in [9.17, 15) is 5.11 Å². The van der Waals surface area contributed by atoms with Gasteiger partial charge < -0.3 is 10.2 Å². The highest BCUT2D eigenvalue weighted by atomic mass is 16.3. The van der Waals surface area contributed by atoms with Gasteiger partial charge >= 0.3 is 0 Å². The molecule has 16 heavy (non-hydrogen) atoms. The third-order valence-corrected chi connectivity index (χ3v) is 3.31. The molecule has 3 nitrogen and oxygen atoms in total. The van der Waals surface area contributed by atoms with Crippen molar-refractivity contribution in [3.05, 3.63) is 35.4 Å². The SMILES string of the molecule is CCC1(O)CN(Cc2ccc(CO)cc2)C1. The zero-order valence-corrected chi connectivity index (χ0v) is 9.69. The lowest BCUT2D eigenvalue weighted by Crippen LogP contribution is -2.60. The Hall–Kier alpha value is -0.900. The maximum atomic E-state index is 9.87. The first-order valence-electron chi connectivity index (χ1n) is 5.78. The van der Waals surface area contributed by atoms with Gasteiger partial charge in [0, 0.05) is 19.6 Å². The molecular formula is C13H19NO2. The summed E-state index contributed by atoms with van der Waals surface area (Å²) in [6.45, 7) is 4.54. The zero-order chi connectivity index (χ0) is 11.6. The van der Waals surface area contributed by atoms with E-state index >= 15 is 0 Å². The molecule has 0 amide bonds. The van der Waals surface area contributed by atoms with Crippen molar-refractivity contribution in [3.63, 3.8) is 0 Å². The van der Waals surface area contributed by atoms with Crippen molar-refractivity contribution in [2.75, 3.05) is 13.1 Å². The second-order valence-electron chi connectivity index (χ2n) is 4.70. The molecular weight excluding hydrogens is 202 g/mol. The third-order valence-electron chi connectivity index (χ3n) is 3.31. The summed E-state index contributed by atoms with van der Waals surface area (Å²) in [5, 5.41) is 18.8. The van der Waals surface area contributed by atoms with E-state index < -0.39 is 5.60 Å². The molecule has 1 saturated heterocycles. The molecule has 1 fully saturated rings. The Morgan fingerprint density at radius 3 is 2.25 bits per heavy atom. The van der Waals surface area contributed by atoms with Gasteiger partial charge in [0.2, 0.25) is 0 Å². The number of aliphatic hydroxyl groups excluding tert-OH is 1. The second kappa shape index (κ2) is 4.53. The molecule has 88 valence electrons. The summed E-state index contributed by atoms with van der Waals surface area (Å²) >= 11 is 0. The number of benzene rings is 1. The van der Waals surface area contributed by atoms with Crippen LogP contribution in [-0.4, -0.2) is 33.8 Å². The fourth-order valence-electron chi connectivity index (χ4n) is 2.13. The predicted molar refractivity (Wildman–Crippen MR) is 62.9 cm³/mol. The lowest BCUT2D eigenvalue weighted by molar-refractivity contribution is -0.103. The van der Waals surface area contributed by atoms with Crippen LogP contribution < -0.4 is 0 Å². The van der Waals surface area contributed by atoms with Gasteiger partial charge in [-0.05, 0) is 17.5 Å². The molecule has 1 aromatic carbocycles. The first-order valence-corrected chi connectivity index (χ1v) is 5.78. The van der Waals surface area contributed by atoms with E-state index in [1.807, 2.05) is 31.2 Å². The molecule has 1 aliphatic heterocycles. The van der Waals surface area contributed by atoms with Crippen molar-refractivity contribution in [3.8, 4) is 0 Å². The Kier molecular flexibility index (Phi) is 3.28. The maximum Gasteiger partial charge on any atom is 0.0897 e. The molecule has 0 unspecified atom stereocenters. The van der Waals surface area contributed by atoms with Crippen LogP contribution in [0.2, 0.25) is 0 Å². The smallest absolute Gasteiger partial charge is 0.0897 e. The van der Waals surface area contributed by atoms with E-state index in [2.05, 4.69) is 4.90 Å². The van der Waals surface area contributed by atoms with Crippen molar-refractivity contribution < 1.29 is 10.2 Å². The van der Waals surface area contributed by atoms with E-state index in [1.54, 1.807) is 0 Å². The van der Waals surface area contributed by atoms with Crippen LogP contribution in [0.25, 0.3) is 0 Å². The Balaban J connectivity index is 1.87. The highest BCUT2D eigenvalue weighted by molar-refractivity contribution is 5.22. The van der Waals surface area contributed by atoms with Crippen LogP contribution in [0.5, 0.6) is 0 Å². The largest absolute Gasteiger partial charge is 0.392 e. The van der Waals surface area contributed by atoms with Crippen LogP contribution >= 0.6 is 0 Å². The van der Waals surface area contributed by atoms with E-state index in [0.29, 0.717) is 0 Å². The van der Waals surface area contributed by atoms with Crippen molar-refractivity contribution in [2.45, 2.75) is 32.1 Å². The van der Waals surface area contributed by atoms with Crippen molar-refractivity contribution >= 4 is 0 Å². The number of β-amino-alcohol motifs (C(OH)–C–C–N with tert-alkyl or cyclic N) is 1. The molecule has 1 aliphatic rings. The highest BCUT2D eigenvalue weighted by Crippen LogP contribution is 2.25. The van der Waals surface area contributed by atoms with Crippen LogP contribution in [0.4, 0.5) is 0 Å². The molecule has 0 bridgehead atoms. The summed E-state index contributed by atoms with van der Waals surface area (Å²) in [6, 6.07) is 7.96. The normalized spacial score (nSPS) is 19.4. The molecule has 0 aliphatic carbocycles. The quantitative estimate of drug-likeness (QED) is 0.801. The molecule has 0 spiro atoms. The van der Waals surface area contributed by atoms with Crippen LogP contribution in [-0.2, 0) is 13.2 Å². The number of rotatable bonds is 4. The minimum Gasteiger partial charge on any atom is -0.392 e. The first-order chi connectivity index (χ1) is 7.65. The molecule has 0 saturated carbocycles. The van der Waals surface area contributed by atoms with Gasteiger partial charge in [-0.1, -0.05) is 31.2 Å². The molecule has 0 aromatic heterocycles. The topological polar surface area (TPSA) is 43.7 Å². The second-order valence-corrected chi connectivity index (χ2v) is 4.70. The van der Waals surface area contributed by atoms with Crippen molar-refractivity contribution in [2.24, 2.45) is 0 Å². The monoisotopic (exact) mass is 221 g/mol. The maximum absolute atomic E-state index is 9.87. The van der Waals surface area contributed by atoms with Gasteiger partial charge in [0.05, 0.1) is 12.2 Å². The van der Waals surface area contributed by atoms with E-state index in [-0.39, 0.29) is 6.61 Å². The summed E-state index contributed by atoms with van der Waals surface area (Å²) in [7, 11) is 0. The molecule has 3 heteroatoms. The zero-order valence-electron chi connectivity index (χ0n) is 9.69. The molecule has 0 atom stereocenters. The summed E-state index contributed by atoms with van der Waals surface area (Å²) in [5.74, 6) is 0. The minimum absolute atomic E-state index is 0.0968. The standard InChI is InChI=1S/C13H19NO2/c1-2-13(16)9-14(10-13)7-11-3-5-12(8-15)6-4-11/h3-6,15-16H,2,7-10H2,1H3. The molecule has 0 radical (unpaired) electrons. The molecule has 2 rings (SSSR count). The Morgan fingerprint density at radius 1 is 1.19 bits per heavy atom. The third kappa shape index (κ3) is 2.43. The molecule has 2 N–H and O–H groups in total. The highest BCUT2D eigenvalue weighted by Gasteiger charge is 2.38. The minimum atomic E-state index is -0.453. The lowest BCUT2D eigenvalue weighted by Gasteiger charge is -2.46. The first kappa shape index (κ1) is 11.6. The van der Waals surface area contributed by atoms with Gasteiger partial charge in [-0.3, -0.25) is 4.90 Å². The van der Waals surface area contributed by atoms with Gasteiger partial charge in [-0.15, -0.1) is 0 Å². The number of aliphatic hydroxyl groups is 2. The number of hydrogen-bond acceptors (Lipinski definition) is 3. The van der Waals surface area contributed by atoms with E-state index in [1.165, 1.54) is 5.56 Å². The van der Waals surface area contributed by atoms with Crippen LogP contribution in [0.3, 0.4) is 0 Å². The Morgan fingerprint density at radius 2 is 1.75 bits per heavy atom. The fourth-order valence-corrected chi connectivity index (χ4v) is 2.13. The van der Waals surface area contributed by atoms with Crippen molar-refractivity contribution in [1.29, 1.82) is 0 Å². The van der Waals surface area contributed by atoms with Crippen LogP contribution in [0, 0.1) is 0 Å². The summed E-state index contributed by atoms with van der Waals surface area (Å²) < 4.78 is 0. The van der Waals surface area contributed by atoms with Gasteiger partial charge in [-0.2, -0.15) is 0 Å². The summed E-state index contributed by atoms with van der Waals surface area (Å²) in [6.07, 6.45) is 0.826. The van der Waals surface area contributed by atoms with E-state index in [4.69, 9.17) is 5.11 Å².